The van der Waals surface area contributed by atoms with Crippen molar-refractivity contribution in [1.29, 1.82) is 5.26 Å². The van der Waals surface area contributed by atoms with Crippen molar-refractivity contribution < 1.29 is 4.79 Å². The minimum Gasteiger partial charge on any atom is -0.293 e. The summed E-state index contributed by atoms with van der Waals surface area (Å²) in [6, 6.07) is 9.58. The lowest BCUT2D eigenvalue weighted by atomic mass is 9.84. The van der Waals surface area contributed by atoms with Crippen molar-refractivity contribution in [3.05, 3.63) is 35.4 Å². The highest BCUT2D eigenvalue weighted by Gasteiger charge is 2.26. The zero-order chi connectivity index (χ0) is 9.26. The van der Waals surface area contributed by atoms with Gasteiger partial charge in [0.1, 0.15) is 5.92 Å². The molecule has 0 fully saturated rings. The zero-order valence-electron chi connectivity index (χ0n) is 7.16. The summed E-state index contributed by atoms with van der Waals surface area (Å²) in [7, 11) is 0. The van der Waals surface area contributed by atoms with Crippen LogP contribution < -0.4 is 0 Å². The van der Waals surface area contributed by atoms with E-state index in [1.807, 2.05) is 24.3 Å². The van der Waals surface area contributed by atoms with Gasteiger partial charge in [-0.05, 0) is 18.4 Å². The van der Waals surface area contributed by atoms with Crippen LogP contribution in [0.3, 0.4) is 0 Å². The van der Waals surface area contributed by atoms with E-state index >= 15 is 0 Å². The smallest absolute Gasteiger partial charge is 0.180 e. The molecule has 2 nitrogen and oxygen atoms in total. The number of ketones is 1. The molecular formula is C11H9NO. The van der Waals surface area contributed by atoms with Gasteiger partial charge in [0.05, 0.1) is 6.07 Å². The highest BCUT2D eigenvalue weighted by Crippen LogP contribution is 2.24. The third-order valence-electron chi connectivity index (χ3n) is 2.46. The molecule has 2 heteroatoms. The second-order valence-electron chi connectivity index (χ2n) is 3.24. The summed E-state index contributed by atoms with van der Waals surface area (Å²) in [6.45, 7) is 0. The third kappa shape index (κ3) is 1.23. The number of aryl methyl sites for hydroxylation is 1. The molecule has 0 amide bonds. The van der Waals surface area contributed by atoms with Gasteiger partial charge in [0, 0.05) is 5.56 Å². The minimum absolute atomic E-state index is 0.00986. The first kappa shape index (κ1) is 8.00. The van der Waals surface area contributed by atoms with Crippen molar-refractivity contribution >= 4 is 5.78 Å². The van der Waals surface area contributed by atoms with Gasteiger partial charge >= 0.3 is 0 Å². The average molecular weight is 171 g/mol. The Morgan fingerprint density at radius 2 is 2.15 bits per heavy atom. The first-order valence-corrected chi connectivity index (χ1v) is 4.34. The van der Waals surface area contributed by atoms with Crippen LogP contribution in [0.5, 0.6) is 0 Å². The van der Waals surface area contributed by atoms with E-state index in [0.29, 0.717) is 6.42 Å². The molecule has 1 aliphatic carbocycles. The van der Waals surface area contributed by atoms with Crippen LogP contribution in [-0.2, 0) is 6.42 Å². The third-order valence-corrected chi connectivity index (χ3v) is 2.46. The summed E-state index contributed by atoms with van der Waals surface area (Å²) in [5.74, 6) is -0.431. The fraction of sp³-hybridized carbons (Fsp3) is 0.273. The van der Waals surface area contributed by atoms with Crippen LogP contribution in [0.1, 0.15) is 22.3 Å². The maximum Gasteiger partial charge on any atom is 0.180 e. The Labute approximate surface area is 76.8 Å². The van der Waals surface area contributed by atoms with Gasteiger partial charge in [-0.25, -0.2) is 0 Å². The van der Waals surface area contributed by atoms with Gasteiger partial charge in [0.15, 0.2) is 5.78 Å². The molecule has 1 aromatic carbocycles. The van der Waals surface area contributed by atoms with Crippen molar-refractivity contribution in [2.45, 2.75) is 12.8 Å². The molecule has 0 radical (unpaired) electrons. The van der Waals surface area contributed by atoms with Crippen molar-refractivity contribution in [3.8, 4) is 6.07 Å². The van der Waals surface area contributed by atoms with Crippen LogP contribution in [0.2, 0.25) is 0 Å². The molecule has 0 aromatic heterocycles. The quantitative estimate of drug-likeness (QED) is 0.598. The minimum atomic E-state index is -0.421. The number of carbonyl (C=O) groups excluding carboxylic acids is 1. The number of nitriles is 1. The Hall–Kier alpha value is -1.62. The monoisotopic (exact) mass is 171 g/mol. The normalized spacial score (nSPS) is 20.5. The van der Waals surface area contributed by atoms with Gasteiger partial charge in [-0.15, -0.1) is 0 Å². The molecule has 0 aliphatic heterocycles. The van der Waals surface area contributed by atoms with Crippen LogP contribution in [0.15, 0.2) is 24.3 Å². The molecular weight excluding hydrogens is 162 g/mol. The number of hydrogen-bond donors (Lipinski definition) is 0. The summed E-state index contributed by atoms with van der Waals surface area (Å²) in [5, 5.41) is 8.72. The molecule has 0 saturated carbocycles. The molecule has 0 bridgehead atoms. The number of carbonyl (C=O) groups is 1. The fourth-order valence-corrected chi connectivity index (χ4v) is 1.72. The predicted molar refractivity (Wildman–Crippen MR) is 48.2 cm³/mol. The largest absolute Gasteiger partial charge is 0.293 e. The molecule has 64 valence electrons. The van der Waals surface area contributed by atoms with E-state index in [1.54, 1.807) is 6.07 Å². The summed E-state index contributed by atoms with van der Waals surface area (Å²) in [5.41, 5.74) is 1.82. The molecule has 0 spiro atoms. The van der Waals surface area contributed by atoms with Gasteiger partial charge in [-0.1, -0.05) is 24.3 Å². The Kier molecular flexibility index (Phi) is 1.86. The van der Waals surface area contributed by atoms with E-state index < -0.39 is 5.92 Å². The molecule has 1 aliphatic rings. The van der Waals surface area contributed by atoms with E-state index in [4.69, 9.17) is 5.26 Å². The maximum atomic E-state index is 11.6. The number of fused-ring (bicyclic) bond motifs is 1. The second kappa shape index (κ2) is 3.02. The van der Waals surface area contributed by atoms with Gasteiger partial charge in [0.25, 0.3) is 0 Å². The lowest BCUT2D eigenvalue weighted by Crippen LogP contribution is -2.20. The standard InChI is InChI=1S/C11H9NO/c12-7-9-6-5-8-3-1-2-4-10(8)11(9)13/h1-4,9H,5-6H2/t9-/m1/s1. The van der Waals surface area contributed by atoms with Crippen molar-refractivity contribution in [2.75, 3.05) is 0 Å². The summed E-state index contributed by atoms with van der Waals surface area (Å²) in [4.78, 5) is 11.6. The Morgan fingerprint density at radius 3 is 2.92 bits per heavy atom. The highest BCUT2D eigenvalue weighted by atomic mass is 16.1. The Balaban J connectivity index is 2.46. The topological polar surface area (TPSA) is 40.9 Å². The number of Topliss-reactive ketones (excluding diaryl/α,β-unsaturated/α-hetero) is 1. The van der Waals surface area contributed by atoms with Crippen molar-refractivity contribution in [1.82, 2.24) is 0 Å². The van der Waals surface area contributed by atoms with Gasteiger partial charge in [-0.2, -0.15) is 5.26 Å². The average Bonchev–Trinajstić information content (AvgIpc) is 2.19. The molecule has 13 heavy (non-hydrogen) atoms. The van der Waals surface area contributed by atoms with Gasteiger partial charge in [0.2, 0.25) is 0 Å². The van der Waals surface area contributed by atoms with Crippen LogP contribution >= 0.6 is 0 Å². The number of rotatable bonds is 0. The van der Waals surface area contributed by atoms with E-state index in [0.717, 1.165) is 17.5 Å². The zero-order valence-corrected chi connectivity index (χ0v) is 7.16. The highest BCUT2D eigenvalue weighted by molar-refractivity contribution is 6.01. The van der Waals surface area contributed by atoms with E-state index in [9.17, 15) is 4.79 Å². The van der Waals surface area contributed by atoms with Crippen LogP contribution in [0, 0.1) is 17.2 Å². The molecule has 0 saturated heterocycles. The lowest BCUT2D eigenvalue weighted by molar-refractivity contribution is 0.0934. The van der Waals surface area contributed by atoms with Crippen molar-refractivity contribution in [2.24, 2.45) is 5.92 Å². The lowest BCUT2D eigenvalue weighted by Gasteiger charge is -2.17. The Morgan fingerprint density at radius 1 is 1.38 bits per heavy atom. The van der Waals surface area contributed by atoms with Gasteiger partial charge in [-0.3, -0.25) is 4.79 Å². The molecule has 1 aromatic rings. The van der Waals surface area contributed by atoms with Crippen LogP contribution in [-0.4, -0.2) is 5.78 Å². The van der Waals surface area contributed by atoms with E-state index in [1.165, 1.54) is 0 Å². The molecule has 2 rings (SSSR count). The SMILES string of the molecule is N#C[C@H]1CCc2ccccc2C1=O. The second-order valence-corrected chi connectivity index (χ2v) is 3.24. The summed E-state index contributed by atoms with van der Waals surface area (Å²) in [6.07, 6.45) is 1.52. The summed E-state index contributed by atoms with van der Waals surface area (Å²) < 4.78 is 0. The fourth-order valence-electron chi connectivity index (χ4n) is 1.72. The molecule has 1 atom stereocenters. The van der Waals surface area contributed by atoms with Crippen molar-refractivity contribution in [3.63, 3.8) is 0 Å². The first-order valence-electron chi connectivity index (χ1n) is 4.34. The van der Waals surface area contributed by atoms with Gasteiger partial charge < -0.3 is 0 Å². The number of hydrogen-bond acceptors (Lipinski definition) is 2. The Bertz CT molecular complexity index is 389. The number of nitrogens with zero attached hydrogens (tertiary/aromatic N) is 1. The van der Waals surface area contributed by atoms with E-state index in [2.05, 4.69) is 0 Å². The first-order chi connectivity index (χ1) is 6.33. The number of benzene rings is 1. The maximum absolute atomic E-state index is 11.6. The van der Waals surface area contributed by atoms with Crippen LogP contribution in [0.25, 0.3) is 0 Å². The predicted octanol–water partition coefficient (Wildman–Crippen LogP) is 1.96. The van der Waals surface area contributed by atoms with Crippen LogP contribution in [0.4, 0.5) is 0 Å². The molecule has 0 N–H and O–H groups in total. The molecule has 0 heterocycles. The van der Waals surface area contributed by atoms with E-state index in [-0.39, 0.29) is 5.78 Å². The summed E-state index contributed by atoms with van der Waals surface area (Å²) >= 11 is 0. The molecule has 0 unspecified atom stereocenters.